The van der Waals surface area contributed by atoms with Gasteiger partial charge in [0.05, 0.1) is 6.61 Å². The molecule has 0 saturated carbocycles. The summed E-state index contributed by atoms with van der Waals surface area (Å²) in [5.74, 6) is 0.231. The zero-order chi connectivity index (χ0) is 15.9. The van der Waals surface area contributed by atoms with Crippen LogP contribution in [0.5, 0.6) is 0 Å². The van der Waals surface area contributed by atoms with Crippen molar-refractivity contribution in [1.29, 1.82) is 0 Å². The summed E-state index contributed by atoms with van der Waals surface area (Å²) in [6.07, 6.45) is 2.25. The highest BCUT2D eigenvalue weighted by Crippen LogP contribution is 2.15. The number of benzene rings is 1. The Morgan fingerprint density at radius 1 is 1.41 bits per heavy atom. The van der Waals surface area contributed by atoms with Gasteiger partial charge in [-0.2, -0.15) is 0 Å². The summed E-state index contributed by atoms with van der Waals surface area (Å²) in [6, 6.07) is 7.28. The van der Waals surface area contributed by atoms with Gasteiger partial charge < -0.3 is 15.0 Å². The first-order valence-electron chi connectivity index (χ1n) is 7.42. The zero-order valence-corrected chi connectivity index (χ0v) is 12.9. The molecule has 118 valence electrons. The fourth-order valence-corrected chi connectivity index (χ4v) is 2.44. The third kappa shape index (κ3) is 4.43. The highest BCUT2D eigenvalue weighted by Gasteiger charge is 2.20. The van der Waals surface area contributed by atoms with Crippen LogP contribution in [0.3, 0.4) is 0 Å². The number of carbonyl (C=O) groups excluding carboxylic acids is 2. The van der Waals surface area contributed by atoms with Crippen LogP contribution in [-0.4, -0.2) is 43.5 Å². The summed E-state index contributed by atoms with van der Waals surface area (Å²) in [5, 5.41) is 2.70. The molecule has 0 aliphatic carbocycles. The minimum absolute atomic E-state index is 0.00794. The number of amides is 2. The van der Waals surface area contributed by atoms with E-state index in [0.717, 1.165) is 31.7 Å². The standard InChI is InChI=1S/C17H22N2O3/c1-3-16(20)18-10-13-4-6-15(7-5-13)17(21)19(2)11-14-8-9-22-12-14/h3-7,14H,1,8-12H2,2H3,(H,18,20). The number of ether oxygens (including phenoxy) is 1. The lowest BCUT2D eigenvalue weighted by atomic mass is 10.1. The highest BCUT2D eigenvalue weighted by molar-refractivity contribution is 5.94. The second kappa shape index (κ2) is 7.75. The predicted molar refractivity (Wildman–Crippen MR) is 84.4 cm³/mol. The third-order valence-electron chi connectivity index (χ3n) is 3.76. The molecule has 1 atom stereocenters. The maximum Gasteiger partial charge on any atom is 0.253 e. The Balaban J connectivity index is 1.89. The van der Waals surface area contributed by atoms with E-state index < -0.39 is 0 Å². The van der Waals surface area contributed by atoms with Gasteiger partial charge in [-0.3, -0.25) is 9.59 Å². The van der Waals surface area contributed by atoms with E-state index in [1.807, 2.05) is 19.2 Å². The molecule has 1 heterocycles. The van der Waals surface area contributed by atoms with Crippen LogP contribution in [0.1, 0.15) is 22.3 Å². The van der Waals surface area contributed by atoms with E-state index in [9.17, 15) is 9.59 Å². The molecule has 1 unspecified atom stereocenters. The number of nitrogens with zero attached hydrogens (tertiary/aromatic N) is 1. The molecule has 0 aromatic heterocycles. The number of hydrogen-bond donors (Lipinski definition) is 1. The van der Waals surface area contributed by atoms with Gasteiger partial charge in [0.15, 0.2) is 0 Å². The Morgan fingerprint density at radius 2 is 2.14 bits per heavy atom. The van der Waals surface area contributed by atoms with E-state index in [1.165, 1.54) is 6.08 Å². The van der Waals surface area contributed by atoms with Crippen molar-refractivity contribution in [2.75, 3.05) is 26.8 Å². The van der Waals surface area contributed by atoms with Crippen molar-refractivity contribution in [2.24, 2.45) is 5.92 Å². The highest BCUT2D eigenvalue weighted by atomic mass is 16.5. The maximum atomic E-state index is 12.4. The quantitative estimate of drug-likeness (QED) is 0.812. The van der Waals surface area contributed by atoms with Gasteiger partial charge in [0.1, 0.15) is 0 Å². The van der Waals surface area contributed by atoms with Crippen molar-refractivity contribution in [3.8, 4) is 0 Å². The van der Waals surface area contributed by atoms with Crippen LogP contribution in [0, 0.1) is 5.92 Å². The van der Waals surface area contributed by atoms with Crippen molar-refractivity contribution in [3.05, 3.63) is 48.0 Å². The summed E-state index contributed by atoms with van der Waals surface area (Å²) in [7, 11) is 1.82. The number of hydrogen-bond acceptors (Lipinski definition) is 3. The largest absolute Gasteiger partial charge is 0.381 e. The summed E-state index contributed by atoms with van der Waals surface area (Å²) >= 11 is 0. The van der Waals surface area contributed by atoms with Crippen LogP contribution in [0.4, 0.5) is 0 Å². The van der Waals surface area contributed by atoms with Crippen LogP contribution >= 0.6 is 0 Å². The maximum absolute atomic E-state index is 12.4. The van der Waals surface area contributed by atoms with Crippen molar-refractivity contribution in [1.82, 2.24) is 10.2 Å². The van der Waals surface area contributed by atoms with Gasteiger partial charge in [-0.25, -0.2) is 0 Å². The number of nitrogens with one attached hydrogen (secondary N) is 1. The van der Waals surface area contributed by atoms with Crippen molar-refractivity contribution >= 4 is 11.8 Å². The van der Waals surface area contributed by atoms with Gasteiger partial charge in [-0.05, 0) is 30.2 Å². The van der Waals surface area contributed by atoms with Crippen LogP contribution < -0.4 is 5.32 Å². The van der Waals surface area contributed by atoms with E-state index in [0.29, 0.717) is 18.0 Å². The minimum atomic E-state index is -0.210. The van der Waals surface area contributed by atoms with E-state index in [1.54, 1.807) is 17.0 Å². The van der Waals surface area contributed by atoms with Crippen LogP contribution in [0.15, 0.2) is 36.9 Å². The Morgan fingerprint density at radius 3 is 2.73 bits per heavy atom. The average Bonchev–Trinajstić information content (AvgIpc) is 3.05. The summed E-state index contributed by atoms with van der Waals surface area (Å²) in [4.78, 5) is 25.2. The van der Waals surface area contributed by atoms with E-state index >= 15 is 0 Å². The molecular formula is C17H22N2O3. The van der Waals surface area contributed by atoms with E-state index in [2.05, 4.69) is 11.9 Å². The lowest BCUT2D eigenvalue weighted by molar-refractivity contribution is -0.116. The minimum Gasteiger partial charge on any atom is -0.381 e. The van der Waals surface area contributed by atoms with Gasteiger partial charge in [-0.15, -0.1) is 0 Å². The van der Waals surface area contributed by atoms with Crippen LogP contribution in [-0.2, 0) is 16.1 Å². The summed E-state index contributed by atoms with van der Waals surface area (Å²) < 4.78 is 5.34. The molecule has 1 aliphatic rings. The Hall–Kier alpha value is -2.14. The molecule has 0 bridgehead atoms. The SMILES string of the molecule is C=CC(=O)NCc1ccc(C(=O)N(C)CC2CCOC2)cc1. The molecule has 2 amide bonds. The second-order valence-electron chi connectivity index (χ2n) is 5.53. The molecule has 0 radical (unpaired) electrons. The molecule has 1 aromatic rings. The molecule has 2 rings (SSSR count). The normalized spacial score (nSPS) is 17.0. The molecule has 1 N–H and O–H groups in total. The molecule has 0 spiro atoms. The Bertz CT molecular complexity index is 533. The smallest absolute Gasteiger partial charge is 0.253 e. The first-order chi connectivity index (χ1) is 10.6. The molecule has 1 aromatic carbocycles. The van der Waals surface area contributed by atoms with Crippen molar-refractivity contribution < 1.29 is 14.3 Å². The summed E-state index contributed by atoms with van der Waals surface area (Å²) in [5.41, 5.74) is 1.60. The Labute approximate surface area is 130 Å². The Kier molecular flexibility index (Phi) is 5.72. The summed E-state index contributed by atoms with van der Waals surface area (Å²) in [6.45, 7) is 6.07. The van der Waals surface area contributed by atoms with E-state index in [-0.39, 0.29) is 11.8 Å². The first-order valence-corrected chi connectivity index (χ1v) is 7.42. The predicted octanol–water partition coefficient (Wildman–Crippen LogP) is 1.60. The first kappa shape index (κ1) is 16.2. The molecule has 1 fully saturated rings. The monoisotopic (exact) mass is 302 g/mol. The van der Waals surface area contributed by atoms with E-state index in [4.69, 9.17) is 4.74 Å². The zero-order valence-electron chi connectivity index (χ0n) is 12.9. The average molecular weight is 302 g/mol. The molecule has 22 heavy (non-hydrogen) atoms. The van der Waals surface area contributed by atoms with Crippen molar-refractivity contribution in [2.45, 2.75) is 13.0 Å². The third-order valence-corrected chi connectivity index (χ3v) is 3.76. The van der Waals surface area contributed by atoms with Gasteiger partial charge in [0.2, 0.25) is 5.91 Å². The lowest BCUT2D eigenvalue weighted by Gasteiger charge is -2.20. The molecular weight excluding hydrogens is 280 g/mol. The van der Waals surface area contributed by atoms with Gasteiger partial charge in [0, 0.05) is 38.2 Å². The molecule has 1 aliphatic heterocycles. The van der Waals surface area contributed by atoms with Gasteiger partial charge in [-0.1, -0.05) is 18.7 Å². The number of carbonyl (C=O) groups is 2. The second-order valence-corrected chi connectivity index (χ2v) is 5.53. The van der Waals surface area contributed by atoms with Gasteiger partial charge >= 0.3 is 0 Å². The van der Waals surface area contributed by atoms with Gasteiger partial charge in [0.25, 0.3) is 5.91 Å². The molecule has 5 heteroatoms. The topological polar surface area (TPSA) is 58.6 Å². The number of rotatable bonds is 6. The fourth-order valence-electron chi connectivity index (χ4n) is 2.44. The van der Waals surface area contributed by atoms with Crippen molar-refractivity contribution in [3.63, 3.8) is 0 Å². The van der Waals surface area contributed by atoms with Crippen LogP contribution in [0.2, 0.25) is 0 Å². The molecule has 5 nitrogen and oxygen atoms in total. The van der Waals surface area contributed by atoms with Crippen LogP contribution in [0.25, 0.3) is 0 Å². The molecule has 1 saturated heterocycles. The lowest BCUT2D eigenvalue weighted by Crippen LogP contribution is -2.32. The fraction of sp³-hybridized carbons (Fsp3) is 0.412.